The first-order valence-corrected chi connectivity index (χ1v) is 8.48. The summed E-state index contributed by atoms with van der Waals surface area (Å²) in [5, 5.41) is 6.37. The van der Waals surface area contributed by atoms with Crippen molar-refractivity contribution in [3.63, 3.8) is 0 Å². The summed E-state index contributed by atoms with van der Waals surface area (Å²) in [5.41, 5.74) is 0.914. The van der Waals surface area contributed by atoms with E-state index in [-0.39, 0.29) is 16.3 Å². The van der Waals surface area contributed by atoms with Gasteiger partial charge in [-0.2, -0.15) is 0 Å². The Labute approximate surface area is 163 Å². The molecule has 0 saturated heterocycles. The van der Waals surface area contributed by atoms with E-state index in [9.17, 15) is 9.59 Å². The Balaban J connectivity index is 1.85. The second-order valence-electron chi connectivity index (χ2n) is 5.20. The minimum atomic E-state index is -0.475. The number of benzene rings is 2. The lowest BCUT2D eigenvalue weighted by atomic mass is 10.2. The van der Waals surface area contributed by atoms with E-state index in [1.807, 2.05) is 0 Å². The third-order valence-electron chi connectivity index (χ3n) is 3.40. The zero-order valence-corrected chi connectivity index (χ0v) is 15.3. The van der Waals surface area contributed by atoms with Crippen LogP contribution in [0.15, 0.2) is 59.2 Å². The fourth-order valence-electron chi connectivity index (χ4n) is 2.18. The summed E-state index contributed by atoms with van der Waals surface area (Å²) in [6, 6.07) is 12.3. The molecule has 0 radical (unpaired) electrons. The van der Waals surface area contributed by atoms with Crippen LogP contribution in [0.3, 0.4) is 0 Å². The van der Waals surface area contributed by atoms with E-state index in [0.29, 0.717) is 21.4 Å². The zero-order valence-electron chi connectivity index (χ0n) is 13.1. The smallest absolute Gasteiger partial charge is 0.291 e. The van der Waals surface area contributed by atoms with Gasteiger partial charge in [0.2, 0.25) is 0 Å². The van der Waals surface area contributed by atoms with Gasteiger partial charge in [0.1, 0.15) is 0 Å². The van der Waals surface area contributed by atoms with Crippen LogP contribution in [-0.2, 0) is 0 Å². The highest BCUT2D eigenvalue weighted by Gasteiger charge is 2.16. The van der Waals surface area contributed by atoms with Gasteiger partial charge >= 0.3 is 0 Å². The molecule has 1 heterocycles. The zero-order chi connectivity index (χ0) is 18.7. The van der Waals surface area contributed by atoms with Crippen LogP contribution in [0.25, 0.3) is 0 Å². The Bertz CT molecular complexity index is 972. The molecule has 2 N–H and O–H groups in total. The lowest BCUT2D eigenvalue weighted by Crippen LogP contribution is -2.16. The number of amides is 2. The number of furan rings is 1. The molecule has 5 nitrogen and oxygen atoms in total. The van der Waals surface area contributed by atoms with Crippen molar-refractivity contribution in [2.75, 3.05) is 10.6 Å². The molecule has 0 atom stereocenters. The van der Waals surface area contributed by atoms with Crippen molar-refractivity contribution in [3.05, 3.63) is 81.2 Å². The van der Waals surface area contributed by atoms with E-state index < -0.39 is 11.8 Å². The van der Waals surface area contributed by atoms with Gasteiger partial charge in [-0.1, -0.05) is 34.8 Å². The maximum absolute atomic E-state index is 12.5. The molecule has 8 heteroatoms. The average Bonchev–Trinajstić information content (AvgIpc) is 3.12. The molecule has 26 heavy (non-hydrogen) atoms. The van der Waals surface area contributed by atoms with Crippen LogP contribution in [0, 0.1) is 0 Å². The van der Waals surface area contributed by atoms with Gasteiger partial charge in [-0.15, -0.1) is 0 Å². The monoisotopic (exact) mass is 408 g/mol. The molecule has 0 saturated carbocycles. The predicted octanol–water partition coefficient (Wildman–Crippen LogP) is 5.74. The summed E-state index contributed by atoms with van der Waals surface area (Å²) in [4.78, 5) is 24.7. The molecule has 132 valence electrons. The van der Waals surface area contributed by atoms with Crippen molar-refractivity contribution in [2.45, 2.75) is 0 Å². The van der Waals surface area contributed by atoms with Crippen molar-refractivity contribution in [2.24, 2.45) is 0 Å². The molecule has 2 aromatic carbocycles. The summed E-state index contributed by atoms with van der Waals surface area (Å²) in [5.74, 6) is -0.803. The van der Waals surface area contributed by atoms with Crippen molar-refractivity contribution in [1.82, 2.24) is 0 Å². The van der Waals surface area contributed by atoms with Crippen LogP contribution >= 0.6 is 34.8 Å². The molecule has 0 bridgehead atoms. The average molecular weight is 410 g/mol. The lowest BCUT2D eigenvalue weighted by molar-refractivity contribution is 0.0993. The third kappa shape index (κ3) is 4.19. The van der Waals surface area contributed by atoms with Gasteiger partial charge in [0.05, 0.1) is 28.2 Å². The van der Waals surface area contributed by atoms with Crippen LogP contribution in [0.5, 0.6) is 0 Å². The second kappa shape index (κ2) is 7.83. The standard InChI is InChI=1S/C18H11Cl3N2O3/c19-10-3-5-12(13(21)8-10)17(24)22-14-6-4-11(20)9-15(14)23-18(25)16-2-1-7-26-16/h1-9H,(H,22,24)(H,23,25). The summed E-state index contributed by atoms with van der Waals surface area (Å²) < 4.78 is 5.05. The number of hydrogen-bond donors (Lipinski definition) is 2. The van der Waals surface area contributed by atoms with Crippen LogP contribution in [0.1, 0.15) is 20.9 Å². The molecule has 0 unspecified atom stereocenters. The Morgan fingerprint density at radius 1 is 0.808 bits per heavy atom. The Kier molecular flexibility index (Phi) is 5.52. The molecule has 2 amide bonds. The van der Waals surface area contributed by atoms with E-state index in [1.165, 1.54) is 30.5 Å². The number of halogens is 3. The quantitative estimate of drug-likeness (QED) is 0.577. The SMILES string of the molecule is O=C(Nc1cc(Cl)ccc1NC(=O)c1ccc(Cl)cc1Cl)c1ccco1. The number of carbonyl (C=O) groups is 2. The van der Waals surface area contributed by atoms with Crippen LogP contribution in [-0.4, -0.2) is 11.8 Å². The first kappa shape index (κ1) is 18.3. The van der Waals surface area contributed by atoms with Crippen molar-refractivity contribution in [1.29, 1.82) is 0 Å². The summed E-state index contributed by atoms with van der Waals surface area (Å²) in [6.45, 7) is 0. The molecular weight excluding hydrogens is 399 g/mol. The first-order valence-electron chi connectivity index (χ1n) is 7.35. The molecule has 1 aromatic heterocycles. The van der Waals surface area contributed by atoms with Crippen molar-refractivity contribution < 1.29 is 14.0 Å². The predicted molar refractivity (Wildman–Crippen MR) is 103 cm³/mol. The first-order chi connectivity index (χ1) is 12.4. The highest BCUT2D eigenvalue weighted by atomic mass is 35.5. The molecule has 0 aliphatic rings. The van der Waals surface area contributed by atoms with E-state index in [4.69, 9.17) is 39.2 Å². The maximum atomic E-state index is 12.5. The highest BCUT2D eigenvalue weighted by Crippen LogP contribution is 2.28. The van der Waals surface area contributed by atoms with Crippen molar-refractivity contribution in [3.8, 4) is 0 Å². The molecule has 3 rings (SSSR count). The third-order valence-corrected chi connectivity index (χ3v) is 4.18. The molecule has 0 fully saturated rings. The summed E-state index contributed by atoms with van der Waals surface area (Å²) >= 11 is 17.9. The number of hydrogen-bond acceptors (Lipinski definition) is 3. The molecule has 0 spiro atoms. The second-order valence-corrected chi connectivity index (χ2v) is 6.48. The fraction of sp³-hybridized carbons (Fsp3) is 0. The summed E-state index contributed by atoms with van der Waals surface area (Å²) in [7, 11) is 0. The van der Waals surface area contributed by atoms with Crippen LogP contribution in [0.4, 0.5) is 11.4 Å². The van der Waals surface area contributed by atoms with Gasteiger partial charge in [0.25, 0.3) is 11.8 Å². The summed E-state index contributed by atoms with van der Waals surface area (Å²) in [6.07, 6.45) is 1.39. The van der Waals surface area contributed by atoms with Gasteiger partial charge in [0, 0.05) is 10.0 Å². The molecule has 0 aliphatic heterocycles. The minimum Gasteiger partial charge on any atom is -0.459 e. The van der Waals surface area contributed by atoms with E-state index >= 15 is 0 Å². The number of anilines is 2. The van der Waals surface area contributed by atoms with E-state index in [2.05, 4.69) is 10.6 Å². The minimum absolute atomic E-state index is 0.128. The number of nitrogens with one attached hydrogen (secondary N) is 2. The normalized spacial score (nSPS) is 10.4. The Morgan fingerprint density at radius 2 is 1.50 bits per heavy atom. The Hall–Kier alpha value is -2.47. The molecule has 0 aliphatic carbocycles. The number of rotatable bonds is 4. The largest absolute Gasteiger partial charge is 0.459 e. The number of carbonyl (C=O) groups excluding carboxylic acids is 2. The van der Waals surface area contributed by atoms with Crippen LogP contribution < -0.4 is 10.6 Å². The van der Waals surface area contributed by atoms with E-state index in [1.54, 1.807) is 24.3 Å². The van der Waals surface area contributed by atoms with Gasteiger partial charge in [-0.25, -0.2) is 0 Å². The van der Waals surface area contributed by atoms with Gasteiger partial charge < -0.3 is 15.1 Å². The topological polar surface area (TPSA) is 71.3 Å². The van der Waals surface area contributed by atoms with Gasteiger partial charge in [-0.05, 0) is 48.5 Å². The van der Waals surface area contributed by atoms with E-state index in [0.717, 1.165) is 0 Å². The molecule has 3 aromatic rings. The van der Waals surface area contributed by atoms with Gasteiger partial charge in [0.15, 0.2) is 5.76 Å². The fourth-order valence-corrected chi connectivity index (χ4v) is 2.85. The lowest BCUT2D eigenvalue weighted by Gasteiger charge is -2.13. The Morgan fingerprint density at radius 3 is 2.19 bits per heavy atom. The van der Waals surface area contributed by atoms with Crippen molar-refractivity contribution >= 4 is 58.0 Å². The highest BCUT2D eigenvalue weighted by molar-refractivity contribution is 6.37. The maximum Gasteiger partial charge on any atom is 0.291 e. The van der Waals surface area contributed by atoms with Gasteiger partial charge in [-0.3, -0.25) is 9.59 Å². The van der Waals surface area contributed by atoms with Crippen LogP contribution in [0.2, 0.25) is 15.1 Å². The molecular formula is C18H11Cl3N2O3.